The number of nitrogens with one attached hydrogen (secondary N) is 2. The summed E-state index contributed by atoms with van der Waals surface area (Å²) in [4.78, 5) is 25.3. The predicted molar refractivity (Wildman–Crippen MR) is 112 cm³/mol. The molecule has 0 aliphatic heterocycles. The van der Waals surface area contributed by atoms with E-state index in [-0.39, 0.29) is 11.5 Å². The van der Waals surface area contributed by atoms with Crippen molar-refractivity contribution >= 4 is 46.4 Å². The van der Waals surface area contributed by atoms with Crippen LogP contribution in [0.4, 0.5) is 11.4 Å². The largest absolute Gasteiger partial charge is 0.497 e. The van der Waals surface area contributed by atoms with E-state index in [0.29, 0.717) is 32.7 Å². The van der Waals surface area contributed by atoms with Crippen molar-refractivity contribution in [3.63, 3.8) is 0 Å². The summed E-state index contributed by atoms with van der Waals surface area (Å²) < 4.78 is 5.09. The smallest absolute Gasteiger partial charge is 0.257 e. The summed E-state index contributed by atoms with van der Waals surface area (Å²) in [5, 5.41) is 6.36. The minimum Gasteiger partial charge on any atom is -0.497 e. The molecule has 0 aliphatic rings. The Morgan fingerprint density at radius 1 is 0.821 bits per heavy atom. The molecular formula is C21H16Cl2N2O3. The summed E-state index contributed by atoms with van der Waals surface area (Å²) >= 11 is 12.0. The van der Waals surface area contributed by atoms with Crippen molar-refractivity contribution in [2.24, 2.45) is 0 Å². The zero-order valence-corrected chi connectivity index (χ0v) is 16.3. The van der Waals surface area contributed by atoms with Gasteiger partial charge in [0.1, 0.15) is 5.75 Å². The lowest BCUT2D eigenvalue weighted by Gasteiger charge is -2.12. The summed E-state index contributed by atoms with van der Waals surface area (Å²) in [6, 6.07) is 18.1. The second kappa shape index (κ2) is 8.78. The van der Waals surface area contributed by atoms with E-state index in [1.807, 2.05) is 0 Å². The quantitative estimate of drug-likeness (QED) is 0.578. The van der Waals surface area contributed by atoms with Gasteiger partial charge in [0.2, 0.25) is 0 Å². The topological polar surface area (TPSA) is 67.4 Å². The van der Waals surface area contributed by atoms with Crippen LogP contribution >= 0.6 is 23.2 Å². The number of carbonyl (C=O) groups excluding carboxylic acids is 2. The normalized spacial score (nSPS) is 10.2. The van der Waals surface area contributed by atoms with Crippen LogP contribution in [0, 0.1) is 0 Å². The van der Waals surface area contributed by atoms with E-state index >= 15 is 0 Å². The third kappa shape index (κ3) is 4.82. The molecule has 3 aromatic rings. The van der Waals surface area contributed by atoms with Crippen molar-refractivity contribution in [1.82, 2.24) is 0 Å². The first-order valence-corrected chi connectivity index (χ1v) is 9.04. The third-order valence-electron chi connectivity index (χ3n) is 3.91. The number of carbonyl (C=O) groups is 2. The first-order chi connectivity index (χ1) is 13.5. The highest BCUT2D eigenvalue weighted by Gasteiger charge is 2.16. The van der Waals surface area contributed by atoms with E-state index < -0.39 is 5.91 Å². The minimum absolute atomic E-state index is 0.231. The molecule has 0 spiro atoms. The molecule has 0 saturated carbocycles. The summed E-state index contributed by atoms with van der Waals surface area (Å²) in [5.41, 5.74) is 1.53. The number of methoxy groups -OCH3 is 1. The second-order valence-electron chi connectivity index (χ2n) is 5.84. The zero-order valence-electron chi connectivity index (χ0n) is 14.8. The average Bonchev–Trinajstić information content (AvgIpc) is 2.69. The minimum atomic E-state index is -0.421. The van der Waals surface area contributed by atoms with Gasteiger partial charge < -0.3 is 15.4 Å². The van der Waals surface area contributed by atoms with Crippen molar-refractivity contribution in [1.29, 1.82) is 0 Å². The first-order valence-electron chi connectivity index (χ1n) is 8.28. The highest BCUT2D eigenvalue weighted by atomic mass is 35.5. The molecule has 0 heterocycles. The molecule has 142 valence electrons. The summed E-state index contributed by atoms with van der Waals surface area (Å²) in [5.74, 6) is -0.138. The number of halogens is 2. The number of hydrogen-bond donors (Lipinski definition) is 2. The number of benzene rings is 3. The fraction of sp³-hybridized carbons (Fsp3) is 0.0476. The van der Waals surface area contributed by atoms with Gasteiger partial charge in [-0.1, -0.05) is 29.3 Å². The molecule has 0 unspecified atom stereocenters. The summed E-state index contributed by atoms with van der Waals surface area (Å²) in [6.45, 7) is 0. The maximum Gasteiger partial charge on any atom is 0.257 e. The predicted octanol–water partition coefficient (Wildman–Crippen LogP) is 5.51. The van der Waals surface area contributed by atoms with Crippen molar-refractivity contribution in [2.75, 3.05) is 17.7 Å². The highest BCUT2D eigenvalue weighted by molar-refractivity contribution is 6.31. The van der Waals surface area contributed by atoms with Gasteiger partial charge in [-0.15, -0.1) is 0 Å². The van der Waals surface area contributed by atoms with Crippen LogP contribution in [-0.2, 0) is 0 Å². The van der Waals surface area contributed by atoms with Gasteiger partial charge in [0.05, 0.1) is 18.4 Å². The van der Waals surface area contributed by atoms with Crippen LogP contribution in [0.15, 0.2) is 66.7 Å². The fourth-order valence-corrected chi connectivity index (χ4v) is 2.88. The Kier molecular flexibility index (Phi) is 6.19. The maximum atomic E-state index is 12.7. The Balaban J connectivity index is 1.83. The number of hydrogen-bond acceptors (Lipinski definition) is 3. The molecule has 0 fully saturated rings. The van der Waals surface area contributed by atoms with Gasteiger partial charge in [-0.3, -0.25) is 9.59 Å². The zero-order chi connectivity index (χ0) is 20.1. The van der Waals surface area contributed by atoms with Gasteiger partial charge in [0.15, 0.2) is 0 Å². The van der Waals surface area contributed by atoms with E-state index in [9.17, 15) is 9.59 Å². The monoisotopic (exact) mass is 414 g/mol. The maximum absolute atomic E-state index is 12.7. The molecule has 0 radical (unpaired) electrons. The molecule has 3 aromatic carbocycles. The molecule has 0 bridgehead atoms. The summed E-state index contributed by atoms with van der Waals surface area (Å²) in [7, 11) is 1.55. The first kappa shape index (κ1) is 19.7. The number of amides is 2. The van der Waals surface area contributed by atoms with Crippen LogP contribution in [0.25, 0.3) is 0 Å². The molecule has 3 rings (SSSR count). The SMILES string of the molecule is COc1ccc(C(=O)Nc2ccc(Cl)cc2C(=O)Nc2cccc(Cl)c2)cc1. The van der Waals surface area contributed by atoms with E-state index in [1.54, 1.807) is 67.8 Å². The standard InChI is InChI=1S/C21H16Cl2N2O3/c1-28-17-8-5-13(6-9-17)20(26)25-19-10-7-15(23)12-18(19)21(27)24-16-4-2-3-14(22)11-16/h2-12H,1H3,(H,24,27)(H,25,26). The van der Waals surface area contributed by atoms with Crippen molar-refractivity contribution in [3.8, 4) is 5.75 Å². The van der Waals surface area contributed by atoms with Gasteiger partial charge in [-0.05, 0) is 60.7 Å². The molecule has 5 nitrogen and oxygen atoms in total. The molecule has 0 atom stereocenters. The second-order valence-corrected chi connectivity index (χ2v) is 6.71. The molecule has 7 heteroatoms. The average molecular weight is 415 g/mol. The van der Waals surface area contributed by atoms with Gasteiger partial charge >= 0.3 is 0 Å². The number of rotatable bonds is 5. The molecule has 0 saturated heterocycles. The highest BCUT2D eigenvalue weighted by Crippen LogP contribution is 2.24. The fourth-order valence-electron chi connectivity index (χ4n) is 2.51. The lowest BCUT2D eigenvalue weighted by Crippen LogP contribution is -2.18. The lowest BCUT2D eigenvalue weighted by molar-refractivity contribution is 0.102. The van der Waals surface area contributed by atoms with Crippen LogP contribution in [0.1, 0.15) is 20.7 Å². The summed E-state index contributed by atoms with van der Waals surface area (Å²) in [6.07, 6.45) is 0. The number of anilines is 2. The van der Waals surface area contributed by atoms with Gasteiger partial charge in [0.25, 0.3) is 11.8 Å². The number of ether oxygens (including phenoxy) is 1. The Bertz CT molecular complexity index is 1020. The Morgan fingerprint density at radius 3 is 2.21 bits per heavy atom. The Labute approximate surface area is 172 Å². The molecule has 28 heavy (non-hydrogen) atoms. The molecule has 2 N–H and O–H groups in total. The van der Waals surface area contributed by atoms with Crippen LogP contribution in [0.5, 0.6) is 5.75 Å². The molecule has 0 aliphatic carbocycles. The van der Waals surface area contributed by atoms with E-state index in [2.05, 4.69) is 10.6 Å². The van der Waals surface area contributed by atoms with Crippen molar-refractivity contribution < 1.29 is 14.3 Å². The van der Waals surface area contributed by atoms with Gasteiger partial charge in [0, 0.05) is 21.3 Å². The molecular weight excluding hydrogens is 399 g/mol. The molecule has 0 aromatic heterocycles. The Hall–Kier alpha value is -3.02. The molecule has 2 amide bonds. The van der Waals surface area contributed by atoms with Crippen LogP contribution in [0.3, 0.4) is 0 Å². The Morgan fingerprint density at radius 2 is 1.54 bits per heavy atom. The van der Waals surface area contributed by atoms with E-state index in [0.717, 1.165) is 0 Å². The van der Waals surface area contributed by atoms with Crippen LogP contribution in [0.2, 0.25) is 10.0 Å². The van der Waals surface area contributed by atoms with Crippen molar-refractivity contribution in [2.45, 2.75) is 0 Å². The van der Waals surface area contributed by atoms with Crippen LogP contribution in [-0.4, -0.2) is 18.9 Å². The van der Waals surface area contributed by atoms with Crippen molar-refractivity contribution in [3.05, 3.63) is 87.9 Å². The van der Waals surface area contributed by atoms with E-state index in [1.165, 1.54) is 6.07 Å². The lowest BCUT2D eigenvalue weighted by atomic mass is 10.1. The van der Waals surface area contributed by atoms with E-state index in [4.69, 9.17) is 27.9 Å². The van der Waals surface area contributed by atoms with Gasteiger partial charge in [-0.25, -0.2) is 0 Å². The third-order valence-corrected chi connectivity index (χ3v) is 4.38. The van der Waals surface area contributed by atoms with Crippen LogP contribution < -0.4 is 15.4 Å². The van der Waals surface area contributed by atoms with Gasteiger partial charge in [-0.2, -0.15) is 0 Å².